The fraction of sp³-hybridized carbons (Fsp3) is 0.138. The standard InChI is InChI=1S/4C12H8N2O4.C5H12O2.C5H8O2.ClHO4.2ClH.2Ru/c4*15-11(16)7-1-3-13-9(5-7)10-6-8(12(17)18)2-4-14-10;2*1-4(6)3-5(2)7;2-1(3,4)5;;;;/h4*1-6H,(H,15,16)(H,17,18);4-7H,3H2,1-2H3;3H2,1-2H3;(H,2,3,4,5);2*1H;;/q;;;;;;;;;+1;+2/p-3. The monoisotopic (exact) mass is 1550 g/mol. The number of aliphatic hydroxyl groups excluding tert-OH is 2. The minimum Gasteiger partial charge on any atom is -0.222 e. The van der Waals surface area contributed by atoms with Gasteiger partial charge in [0.15, 0.2) is 0 Å². The van der Waals surface area contributed by atoms with Crippen molar-refractivity contribution in [1.29, 1.82) is 0 Å². The van der Waals surface area contributed by atoms with Gasteiger partial charge in [-0.2, -0.15) is 0 Å². The first kappa shape index (κ1) is 85.2. The average Bonchev–Trinajstić information content (AvgIpc) is 0.882. The van der Waals surface area contributed by atoms with Crippen LogP contribution in [0, 0.1) is 10.2 Å². The fourth-order valence-electron chi connectivity index (χ4n) is 6.47. The number of aromatic carboxylic acids is 8. The van der Waals surface area contributed by atoms with Gasteiger partial charge in [-0.1, -0.05) is 0 Å². The van der Waals surface area contributed by atoms with Crippen molar-refractivity contribution in [3.8, 4) is 45.6 Å². The Morgan fingerprint density at radius 3 is 0.537 bits per heavy atom. The van der Waals surface area contributed by atoms with E-state index in [0.717, 1.165) is 0 Å². The molecule has 0 amide bonds. The molecule has 0 saturated carbocycles. The van der Waals surface area contributed by atoms with E-state index >= 15 is 0 Å². The van der Waals surface area contributed by atoms with Crippen LogP contribution < -0.4 is 18.6 Å². The summed E-state index contributed by atoms with van der Waals surface area (Å²) in [5, 5.41) is 88.0. The van der Waals surface area contributed by atoms with Crippen LogP contribution >= 0.6 is 19.4 Å². The van der Waals surface area contributed by atoms with Crippen LogP contribution in [0.15, 0.2) is 147 Å². The molecule has 2 atom stereocenters. The fourth-order valence-corrected chi connectivity index (χ4v) is 6.47. The zero-order valence-electron chi connectivity index (χ0n) is 49.0. The molecule has 2 unspecified atom stereocenters. The number of aromatic nitrogens is 8. The van der Waals surface area contributed by atoms with Gasteiger partial charge >= 0.3 is 102 Å². The third-order valence-electron chi connectivity index (χ3n) is 10.3. The molecule has 505 valence electrons. The van der Waals surface area contributed by atoms with E-state index in [2.05, 4.69) is 39.9 Å². The minimum absolute atomic E-state index is 0. The molecule has 0 aliphatic rings. The normalized spacial score (nSPS) is 10.4. The molecule has 0 spiro atoms. The molecule has 0 aliphatic carbocycles. The number of hydrogen-bond acceptors (Lipinski definition) is 24. The van der Waals surface area contributed by atoms with Crippen LogP contribution in [0.4, 0.5) is 0 Å². The van der Waals surface area contributed by atoms with Crippen molar-refractivity contribution >= 4 is 78.7 Å². The number of carboxylic acid groups (broad SMARTS) is 8. The van der Waals surface area contributed by atoms with E-state index in [-0.39, 0.29) is 109 Å². The number of pyridine rings is 8. The molecular formula is C58H52Cl3N8O24Ru2. The summed E-state index contributed by atoms with van der Waals surface area (Å²) >= 11 is -0.346. The van der Waals surface area contributed by atoms with Crippen LogP contribution in [0.1, 0.15) is 123 Å². The summed E-state index contributed by atoms with van der Waals surface area (Å²) < 4.78 is 34.0. The number of carbonyl (C=O) groups is 10. The second-order valence-corrected chi connectivity index (χ2v) is 21.2. The topological polar surface area (TPSA) is 568 Å². The van der Waals surface area contributed by atoms with Gasteiger partial charge in [0.2, 0.25) is 0 Å². The molecule has 37 heteroatoms. The Labute approximate surface area is 567 Å². The summed E-state index contributed by atoms with van der Waals surface area (Å²) in [5.41, 5.74) is 3.12. The van der Waals surface area contributed by atoms with Crippen molar-refractivity contribution < 1.29 is 163 Å². The zero-order valence-corrected chi connectivity index (χ0v) is 54.8. The first-order valence-corrected chi connectivity index (χ1v) is 31.1. The molecule has 8 aromatic heterocycles. The van der Waals surface area contributed by atoms with Crippen LogP contribution in [-0.4, -0.2) is 162 Å². The maximum atomic E-state index is 10.8. The first-order valence-electron chi connectivity index (χ1n) is 25.4. The first-order chi connectivity index (χ1) is 44.0. The van der Waals surface area contributed by atoms with Gasteiger partial charge in [0.05, 0.1) is 109 Å². The van der Waals surface area contributed by atoms with Crippen LogP contribution in [0.25, 0.3) is 45.6 Å². The molecule has 0 bridgehead atoms. The van der Waals surface area contributed by atoms with Crippen LogP contribution in [0.2, 0.25) is 0 Å². The third kappa shape index (κ3) is 35.7. The summed E-state index contributed by atoms with van der Waals surface area (Å²) in [5.74, 6) is -8.73. The summed E-state index contributed by atoms with van der Waals surface area (Å²) in [7, 11) is 4.76. The molecule has 32 nitrogen and oxygen atoms in total. The van der Waals surface area contributed by atoms with E-state index in [1.165, 1.54) is 160 Å². The van der Waals surface area contributed by atoms with Crippen molar-refractivity contribution in [3.05, 3.63) is 191 Å². The van der Waals surface area contributed by atoms with Crippen LogP contribution in [0.5, 0.6) is 0 Å². The minimum atomic E-state index is -4.94. The van der Waals surface area contributed by atoms with Crippen molar-refractivity contribution in [1.82, 2.24) is 39.9 Å². The van der Waals surface area contributed by atoms with E-state index in [1.54, 1.807) is 13.8 Å². The Hall–Kier alpha value is -9.82. The van der Waals surface area contributed by atoms with E-state index in [0.29, 0.717) is 52.0 Å². The van der Waals surface area contributed by atoms with E-state index < -0.39 is 58.0 Å². The van der Waals surface area contributed by atoms with Gasteiger partial charge in [-0.15, -0.1) is 10.2 Å². The van der Waals surface area contributed by atoms with E-state index in [1.807, 2.05) is 0 Å². The number of Topliss-reactive ketones (excluding diaryl/α,β-unsaturated/α-hetero) is 2. The second-order valence-electron chi connectivity index (χ2n) is 17.8. The molecule has 0 aromatic carbocycles. The molecular weight excluding hydrogens is 1500 g/mol. The Morgan fingerprint density at radius 1 is 0.358 bits per heavy atom. The number of nitrogens with zero attached hydrogens (tertiary/aromatic N) is 8. The number of carbonyl (C=O) groups excluding carboxylic acids is 2. The van der Waals surface area contributed by atoms with Gasteiger partial charge in [-0.05, 0) is 131 Å². The quantitative estimate of drug-likeness (QED) is 0.0489. The third-order valence-corrected chi connectivity index (χ3v) is 10.3. The number of ketones is 2. The average molecular weight is 1550 g/mol. The predicted octanol–water partition coefficient (Wildman–Crippen LogP) is 3.47. The van der Waals surface area contributed by atoms with Crippen molar-refractivity contribution in [2.75, 3.05) is 0 Å². The van der Waals surface area contributed by atoms with Gasteiger partial charge in [-0.25, -0.2) is 57.0 Å². The second kappa shape index (κ2) is 43.9. The summed E-state index contributed by atoms with van der Waals surface area (Å²) in [6.45, 7) is 6.13. The molecule has 8 aromatic rings. The molecule has 95 heavy (non-hydrogen) atoms. The maximum absolute atomic E-state index is 10.8. The van der Waals surface area contributed by atoms with Gasteiger partial charge in [-0.3, -0.25) is 49.5 Å². The Bertz CT molecular complexity index is 3240. The maximum Gasteiger partial charge on any atom is 1.00 e. The molecule has 0 saturated heterocycles. The van der Waals surface area contributed by atoms with Crippen molar-refractivity contribution in [2.45, 2.75) is 52.7 Å². The number of aliphatic hydroxyl groups is 2. The SMILES string of the molecule is CC(=O)CC(C)=O.CC(O)CC(C)O.O=C(O)c1ccnc(-c2cc(C(=O)O)ccn2)c1.O=C(O)c1ccnc(-c2cc(C(=O)O)ccn2)c1.O=C(O)c1ccnc(-c2cc(C(=O)O)ccn2)c1.O=C(O)c1ccnc(-c2cc(C(=O)O)ccn2)c1.[Cl][Ru][Cl].[O-][Cl+3]([O-])([O-])[O-].[Ru+]. The number of halogens is 3. The van der Waals surface area contributed by atoms with Gasteiger partial charge < -0.3 is 51.1 Å². The van der Waals surface area contributed by atoms with E-state index in [4.69, 9.17) is 89.1 Å². The zero-order chi connectivity index (χ0) is 71.4. The summed E-state index contributed by atoms with van der Waals surface area (Å²) in [6, 6.07) is 21.6. The molecule has 0 aliphatic heterocycles. The largest absolute Gasteiger partial charge is 1.00 e. The number of carboxylic acids is 8. The van der Waals surface area contributed by atoms with E-state index in [9.17, 15) is 47.9 Å². The summed E-state index contributed by atoms with van der Waals surface area (Å²) in [4.78, 5) is 138. The Morgan fingerprint density at radius 2 is 0.474 bits per heavy atom. The Kier molecular flexibility index (Phi) is 39.4. The smallest absolute Gasteiger partial charge is 0.222 e. The van der Waals surface area contributed by atoms with Crippen LogP contribution in [-0.2, 0) is 44.2 Å². The molecule has 8 rings (SSSR count). The summed E-state index contributed by atoms with van der Waals surface area (Å²) in [6.07, 6.45) is 10.5. The Balaban J connectivity index is 0.00000112. The van der Waals surface area contributed by atoms with Crippen molar-refractivity contribution in [2.24, 2.45) is 0 Å². The molecule has 8 heterocycles. The number of hydrogen-bond donors (Lipinski definition) is 10. The van der Waals surface area contributed by atoms with Gasteiger partial charge in [0.25, 0.3) is 0 Å². The molecule has 10 N–H and O–H groups in total. The number of rotatable bonds is 16. The van der Waals surface area contributed by atoms with Gasteiger partial charge in [0, 0.05) is 49.6 Å². The van der Waals surface area contributed by atoms with Gasteiger partial charge in [0.1, 0.15) is 11.6 Å². The predicted molar refractivity (Wildman–Crippen MR) is 311 cm³/mol. The molecule has 0 fully saturated rings. The van der Waals surface area contributed by atoms with Crippen molar-refractivity contribution in [3.63, 3.8) is 0 Å². The van der Waals surface area contributed by atoms with Crippen LogP contribution in [0.3, 0.4) is 0 Å². The molecule has 1 radical (unpaired) electrons.